The van der Waals surface area contributed by atoms with E-state index in [1.54, 1.807) is 12.1 Å². The highest BCUT2D eigenvalue weighted by atomic mass is 16.3. The Morgan fingerprint density at radius 1 is 1.33 bits per heavy atom. The van der Waals surface area contributed by atoms with Crippen LogP contribution in [0.25, 0.3) is 0 Å². The van der Waals surface area contributed by atoms with Crippen molar-refractivity contribution in [3.8, 4) is 5.75 Å². The molecule has 0 spiro atoms. The average Bonchev–Trinajstić information content (AvgIpc) is 2.81. The number of nitrogens with zero attached hydrogens (tertiary/aromatic N) is 2. The number of benzene rings is 1. The lowest BCUT2D eigenvalue weighted by Gasteiger charge is -2.26. The van der Waals surface area contributed by atoms with E-state index in [9.17, 15) is 5.11 Å². The van der Waals surface area contributed by atoms with E-state index in [-0.39, 0.29) is 0 Å². The van der Waals surface area contributed by atoms with Gasteiger partial charge in [-0.05, 0) is 51.6 Å². The smallest absolute Gasteiger partial charge is 0.115 e. The summed E-state index contributed by atoms with van der Waals surface area (Å²) >= 11 is 0. The Morgan fingerprint density at radius 2 is 2.00 bits per heavy atom. The van der Waals surface area contributed by atoms with Crippen molar-refractivity contribution in [1.82, 2.24) is 9.80 Å². The lowest BCUT2D eigenvalue weighted by atomic mass is 10.1. The molecular formula is C15H24N2O. The van der Waals surface area contributed by atoms with Crippen molar-refractivity contribution in [1.29, 1.82) is 0 Å². The summed E-state index contributed by atoms with van der Waals surface area (Å²) in [6.07, 6.45) is 2.33. The largest absolute Gasteiger partial charge is 0.508 e. The summed E-state index contributed by atoms with van der Waals surface area (Å²) in [6, 6.07) is 8.85. The molecule has 3 nitrogen and oxygen atoms in total. The molecular weight excluding hydrogens is 224 g/mol. The van der Waals surface area contributed by atoms with Crippen LogP contribution in [0.3, 0.4) is 0 Å². The highest BCUT2D eigenvalue weighted by molar-refractivity contribution is 5.26. The van der Waals surface area contributed by atoms with Gasteiger partial charge in [-0.3, -0.25) is 4.90 Å². The Morgan fingerprint density at radius 3 is 2.56 bits per heavy atom. The molecule has 0 aromatic heterocycles. The van der Waals surface area contributed by atoms with Crippen LogP contribution in [0.5, 0.6) is 5.75 Å². The molecule has 2 atom stereocenters. The Balaban J connectivity index is 1.89. The first-order valence-electron chi connectivity index (χ1n) is 6.74. The van der Waals surface area contributed by atoms with Crippen molar-refractivity contribution >= 4 is 0 Å². The van der Waals surface area contributed by atoms with Crippen molar-refractivity contribution < 1.29 is 5.11 Å². The zero-order valence-corrected chi connectivity index (χ0v) is 11.6. The van der Waals surface area contributed by atoms with Gasteiger partial charge in [0.2, 0.25) is 0 Å². The van der Waals surface area contributed by atoms with Crippen molar-refractivity contribution in [2.24, 2.45) is 0 Å². The second-order valence-corrected chi connectivity index (χ2v) is 5.62. The molecule has 0 saturated carbocycles. The Labute approximate surface area is 110 Å². The van der Waals surface area contributed by atoms with Crippen LogP contribution < -0.4 is 0 Å². The van der Waals surface area contributed by atoms with Gasteiger partial charge in [0.15, 0.2) is 0 Å². The van der Waals surface area contributed by atoms with Gasteiger partial charge in [-0.1, -0.05) is 12.1 Å². The highest BCUT2D eigenvalue weighted by Crippen LogP contribution is 2.19. The summed E-state index contributed by atoms with van der Waals surface area (Å²) in [6.45, 7) is 4.67. The van der Waals surface area contributed by atoms with Crippen LogP contribution in [0, 0.1) is 0 Å². The first-order valence-corrected chi connectivity index (χ1v) is 6.74. The number of aromatic hydroxyl groups is 1. The molecule has 1 saturated heterocycles. The van der Waals surface area contributed by atoms with Gasteiger partial charge < -0.3 is 10.0 Å². The van der Waals surface area contributed by atoms with Crippen LogP contribution in [0.15, 0.2) is 24.3 Å². The summed E-state index contributed by atoms with van der Waals surface area (Å²) in [7, 11) is 4.33. The van der Waals surface area contributed by atoms with E-state index in [0.29, 0.717) is 17.8 Å². The zero-order chi connectivity index (χ0) is 13.1. The van der Waals surface area contributed by atoms with E-state index in [1.807, 2.05) is 12.1 Å². The van der Waals surface area contributed by atoms with E-state index in [0.717, 1.165) is 6.42 Å². The summed E-state index contributed by atoms with van der Waals surface area (Å²) in [5, 5.41) is 9.28. The number of phenols is 1. The molecule has 1 aliphatic rings. The molecule has 18 heavy (non-hydrogen) atoms. The molecule has 1 aliphatic heterocycles. The van der Waals surface area contributed by atoms with E-state index >= 15 is 0 Å². The Hall–Kier alpha value is -1.06. The molecule has 0 aliphatic carbocycles. The molecule has 1 aromatic carbocycles. The SMILES string of the molecule is CC(Cc1ccc(O)cc1)N1CCC(N(C)C)C1. The minimum absolute atomic E-state index is 0.347. The zero-order valence-electron chi connectivity index (χ0n) is 11.6. The normalized spacial score (nSPS) is 22.6. The molecule has 1 heterocycles. The standard InChI is InChI=1S/C15H24N2O/c1-12(10-13-4-6-15(18)7-5-13)17-9-8-14(11-17)16(2)3/h4-7,12,14,18H,8-11H2,1-3H3. The van der Waals surface area contributed by atoms with Gasteiger partial charge in [0.1, 0.15) is 5.75 Å². The topological polar surface area (TPSA) is 26.7 Å². The molecule has 2 rings (SSSR count). The van der Waals surface area contributed by atoms with Crippen LogP contribution in [0.4, 0.5) is 0 Å². The minimum Gasteiger partial charge on any atom is -0.508 e. The van der Waals surface area contributed by atoms with Crippen LogP contribution in [0.1, 0.15) is 18.9 Å². The van der Waals surface area contributed by atoms with Crippen LogP contribution in [-0.4, -0.2) is 54.2 Å². The number of likely N-dealkylation sites (N-methyl/N-ethyl adjacent to an activating group) is 1. The molecule has 1 aromatic rings. The number of phenolic OH excluding ortho intramolecular Hbond substituents is 1. The molecule has 0 radical (unpaired) electrons. The van der Waals surface area contributed by atoms with E-state index in [1.165, 1.54) is 25.1 Å². The molecule has 2 unspecified atom stereocenters. The molecule has 100 valence electrons. The summed E-state index contributed by atoms with van der Waals surface area (Å²) < 4.78 is 0. The lowest BCUT2D eigenvalue weighted by Crippen LogP contribution is -2.36. The van der Waals surface area contributed by atoms with Crippen molar-refractivity contribution in [3.63, 3.8) is 0 Å². The maximum atomic E-state index is 9.28. The van der Waals surface area contributed by atoms with Gasteiger partial charge in [0.25, 0.3) is 0 Å². The first-order chi connectivity index (χ1) is 8.56. The van der Waals surface area contributed by atoms with Crippen molar-refractivity contribution in [3.05, 3.63) is 29.8 Å². The maximum Gasteiger partial charge on any atom is 0.115 e. The fourth-order valence-electron chi connectivity index (χ4n) is 2.69. The molecule has 3 heteroatoms. The van der Waals surface area contributed by atoms with E-state index in [2.05, 4.69) is 30.8 Å². The van der Waals surface area contributed by atoms with Crippen molar-refractivity contribution in [2.45, 2.75) is 31.8 Å². The summed E-state index contributed by atoms with van der Waals surface area (Å²) in [5.41, 5.74) is 1.30. The molecule has 0 amide bonds. The number of likely N-dealkylation sites (tertiary alicyclic amines) is 1. The summed E-state index contributed by atoms with van der Waals surface area (Å²) in [5.74, 6) is 0.347. The predicted octanol–water partition coefficient (Wildman–Crippen LogP) is 1.96. The Bertz CT molecular complexity index is 375. The quantitative estimate of drug-likeness (QED) is 0.882. The Kier molecular flexibility index (Phi) is 4.25. The van der Waals surface area contributed by atoms with E-state index < -0.39 is 0 Å². The fraction of sp³-hybridized carbons (Fsp3) is 0.600. The van der Waals surface area contributed by atoms with Gasteiger partial charge in [-0.15, -0.1) is 0 Å². The third-order valence-corrected chi connectivity index (χ3v) is 4.02. The van der Waals surface area contributed by atoms with Gasteiger partial charge >= 0.3 is 0 Å². The monoisotopic (exact) mass is 248 g/mol. The number of rotatable bonds is 4. The second kappa shape index (κ2) is 5.72. The number of hydrogen-bond acceptors (Lipinski definition) is 3. The molecule has 0 bridgehead atoms. The number of hydrogen-bond donors (Lipinski definition) is 1. The molecule has 1 fully saturated rings. The van der Waals surface area contributed by atoms with Gasteiger partial charge in [0.05, 0.1) is 0 Å². The van der Waals surface area contributed by atoms with E-state index in [4.69, 9.17) is 0 Å². The fourth-order valence-corrected chi connectivity index (χ4v) is 2.69. The predicted molar refractivity (Wildman–Crippen MR) is 74.9 cm³/mol. The highest BCUT2D eigenvalue weighted by Gasteiger charge is 2.26. The molecule has 1 N–H and O–H groups in total. The van der Waals surface area contributed by atoms with Crippen LogP contribution in [0.2, 0.25) is 0 Å². The minimum atomic E-state index is 0.347. The van der Waals surface area contributed by atoms with Gasteiger partial charge in [0, 0.05) is 25.2 Å². The first kappa shape index (κ1) is 13.4. The third-order valence-electron chi connectivity index (χ3n) is 4.02. The van der Waals surface area contributed by atoms with Crippen LogP contribution >= 0.6 is 0 Å². The van der Waals surface area contributed by atoms with Crippen LogP contribution in [-0.2, 0) is 6.42 Å². The van der Waals surface area contributed by atoms with Gasteiger partial charge in [-0.25, -0.2) is 0 Å². The average molecular weight is 248 g/mol. The van der Waals surface area contributed by atoms with Gasteiger partial charge in [-0.2, -0.15) is 0 Å². The van der Waals surface area contributed by atoms with Crippen molar-refractivity contribution in [2.75, 3.05) is 27.2 Å². The second-order valence-electron chi connectivity index (χ2n) is 5.62. The summed E-state index contributed by atoms with van der Waals surface area (Å²) in [4.78, 5) is 4.89. The lowest BCUT2D eigenvalue weighted by molar-refractivity contribution is 0.225. The maximum absolute atomic E-state index is 9.28. The third kappa shape index (κ3) is 3.24.